The van der Waals surface area contributed by atoms with Crippen molar-refractivity contribution in [1.82, 2.24) is 4.98 Å². The van der Waals surface area contributed by atoms with E-state index in [-0.39, 0.29) is 5.91 Å². The minimum absolute atomic E-state index is 0.316. The number of hydrogen-bond acceptors (Lipinski definition) is 4. The zero-order valence-corrected chi connectivity index (χ0v) is 13.7. The van der Waals surface area contributed by atoms with Gasteiger partial charge in [0.1, 0.15) is 4.60 Å². The van der Waals surface area contributed by atoms with Crippen molar-refractivity contribution in [1.29, 1.82) is 0 Å². The van der Waals surface area contributed by atoms with Gasteiger partial charge in [-0.15, -0.1) is 0 Å². The number of ether oxygens (including phenoxy) is 2. The van der Waals surface area contributed by atoms with Gasteiger partial charge in [-0.25, -0.2) is 4.98 Å². The first kappa shape index (κ1) is 15.6. The van der Waals surface area contributed by atoms with E-state index < -0.39 is 0 Å². The molecule has 1 N–H and O–H groups in total. The molecule has 0 saturated heterocycles. The number of pyridine rings is 1. The highest BCUT2D eigenvalue weighted by atomic mass is 79.9. The molecule has 0 unspecified atom stereocenters. The highest BCUT2D eigenvalue weighted by molar-refractivity contribution is 9.10. The van der Waals surface area contributed by atoms with Crippen LogP contribution in [0.5, 0.6) is 11.5 Å². The summed E-state index contributed by atoms with van der Waals surface area (Å²) >= 11 is 9.33. The van der Waals surface area contributed by atoms with Crippen LogP contribution in [0.4, 0.5) is 5.69 Å². The van der Waals surface area contributed by atoms with Crippen molar-refractivity contribution in [3.8, 4) is 11.5 Å². The number of carbonyl (C=O) groups excluding carboxylic acids is 1. The number of anilines is 1. The van der Waals surface area contributed by atoms with Gasteiger partial charge in [-0.3, -0.25) is 4.79 Å². The van der Waals surface area contributed by atoms with Gasteiger partial charge in [0.15, 0.2) is 11.5 Å². The summed E-state index contributed by atoms with van der Waals surface area (Å²) in [5, 5.41) is 3.06. The van der Waals surface area contributed by atoms with Crippen molar-refractivity contribution in [2.75, 3.05) is 19.5 Å². The van der Waals surface area contributed by atoms with Crippen LogP contribution in [0, 0.1) is 0 Å². The predicted molar refractivity (Wildman–Crippen MR) is 84.4 cm³/mol. The van der Waals surface area contributed by atoms with Gasteiger partial charge < -0.3 is 14.8 Å². The van der Waals surface area contributed by atoms with Gasteiger partial charge in [0, 0.05) is 18.3 Å². The summed E-state index contributed by atoms with van der Waals surface area (Å²) in [6.45, 7) is 0. The lowest BCUT2D eigenvalue weighted by molar-refractivity contribution is 0.102. The molecule has 21 heavy (non-hydrogen) atoms. The number of nitrogens with one attached hydrogen (secondary N) is 1. The molecule has 0 aliphatic carbocycles. The molecule has 0 fully saturated rings. The largest absolute Gasteiger partial charge is 0.493 e. The number of benzene rings is 1. The van der Waals surface area contributed by atoms with Crippen molar-refractivity contribution in [2.24, 2.45) is 0 Å². The lowest BCUT2D eigenvalue weighted by Gasteiger charge is -2.12. The number of rotatable bonds is 4. The smallest absolute Gasteiger partial charge is 0.257 e. The highest BCUT2D eigenvalue weighted by Gasteiger charge is 2.13. The molecule has 1 aromatic heterocycles. The molecular weight excluding hydrogens is 360 g/mol. The maximum Gasteiger partial charge on any atom is 0.257 e. The summed E-state index contributed by atoms with van der Waals surface area (Å²) in [7, 11) is 3.02. The van der Waals surface area contributed by atoms with E-state index in [2.05, 4.69) is 26.2 Å². The molecule has 5 nitrogen and oxygen atoms in total. The first-order valence-electron chi connectivity index (χ1n) is 5.89. The molecular formula is C14H12BrClN2O3. The number of methoxy groups -OCH3 is 2. The molecule has 1 heterocycles. The number of amides is 1. The Morgan fingerprint density at radius 2 is 1.90 bits per heavy atom. The van der Waals surface area contributed by atoms with Gasteiger partial charge in [-0.1, -0.05) is 11.6 Å². The van der Waals surface area contributed by atoms with Crippen molar-refractivity contribution >= 4 is 39.1 Å². The van der Waals surface area contributed by atoms with Gasteiger partial charge in [-0.05, 0) is 28.1 Å². The fourth-order valence-corrected chi connectivity index (χ4v) is 2.09. The number of carbonyl (C=O) groups is 1. The van der Waals surface area contributed by atoms with Crippen molar-refractivity contribution in [2.45, 2.75) is 0 Å². The van der Waals surface area contributed by atoms with Gasteiger partial charge in [0.25, 0.3) is 5.91 Å². The summed E-state index contributed by atoms with van der Waals surface area (Å²) in [5.41, 5.74) is 0.853. The van der Waals surface area contributed by atoms with Crippen molar-refractivity contribution < 1.29 is 14.3 Å². The fourth-order valence-electron chi connectivity index (χ4n) is 1.65. The monoisotopic (exact) mass is 370 g/mol. The molecule has 0 radical (unpaired) electrons. The summed E-state index contributed by atoms with van der Waals surface area (Å²) in [5.74, 6) is 0.654. The van der Waals surface area contributed by atoms with Gasteiger partial charge in [-0.2, -0.15) is 0 Å². The molecule has 2 rings (SSSR count). The number of halogens is 2. The van der Waals surface area contributed by atoms with Crippen LogP contribution in [0.25, 0.3) is 0 Å². The standard InChI is InChI=1S/C14H12BrClN2O3/c1-20-11-5-9(16)10(6-12(11)21-2)18-14(19)8-3-4-13(15)17-7-8/h3-7H,1-2H3,(H,18,19). The molecule has 0 aliphatic rings. The number of hydrogen-bond donors (Lipinski definition) is 1. The van der Waals surface area contributed by atoms with E-state index in [1.54, 1.807) is 24.3 Å². The van der Waals surface area contributed by atoms with E-state index >= 15 is 0 Å². The highest BCUT2D eigenvalue weighted by Crippen LogP contribution is 2.36. The molecule has 110 valence electrons. The molecule has 1 aromatic carbocycles. The second kappa shape index (κ2) is 6.78. The molecule has 7 heteroatoms. The molecule has 0 aliphatic heterocycles. The quantitative estimate of drug-likeness (QED) is 0.831. The van der Waals surface area contributed by atoms with E-state index in [1.165, 1.54) is 20.4 Å². The lowest BCUT2D eigenvalue weighted by atomic mass is 10.2. The first-order valence-corrected chi connectivity index (χ1v) is 7.06. The van der Waals surface area contributed by atoms with E-state index in [9.17, 15) is 4.79 Å². The summed E-state index contributed by atoms with van der Waals surface area (Å²) in [6.07, 6.45) is 1.47. The summed E-state index contributed by atoms with van der Waals surface area (Å²) in [4.78, 5) is 16.1. The minimum Gasteiger partial charge on any atom is -0.493 e. The van der Waals surface area contributed by atoms with E-state index in [0.717, 1.165) is 0 Å². The maximum atomic E-state index is 12.1. The van der Waals surface area contributed by atoms with Crippen LogP contribution < -0.4 is 14.8 Å². The van der Waals surface area contributed by atoms with Crippen LogP contribution in [-0.4, -0.2) is 25.1 Å². The number of aromatic nitrogens is 1. The predicted octanol–water partition coefficient (Wildman–Crippen LogP) is 3.77. The van der Waals surface area contributed by atoms with Crippen LogP contribution in [0.1, 0.15) is 10.4 Å². The number of nitrogens with zero attached hydrogens (tertiary/aromatic N) is 1. The molecule has 0 atom stereocenters. The average Bonchev–Trinajstić information content (AvgIpc) is 2.49. The van der Waals surface area contributed by atoms with Gasteiger partial charge in [0.05, 0.1) is 30.5 Å². The minimum atomic E-state index is -0.316. The Hall–Kier alpha value is -1.79. The Morgan fingerprint density at radius 1 is 1.24 bits per heavy atom. The Labute approximate surface area is 135 Å². The van der Waals surface area contributed by atoms with Crippen LogP contribution in [0.15, 0.2) is 35.1 Å². The summed E-state index contributed by atoms with van der Waals surface area (Å²) in [6, 6.07) is 6.52. The molecule has 1 amide bonds. The Kier molecular flexibility index (Phi) is 5.03. The third-order valence-electron chi connectivity index (χ3n) is 2.71. The SMILES string of the molecule is COc1cc(Cl)c(NC(=O)c2ccc(Br)nc2)cc1OC. The van der Waals surface area contributed by atoms with Crippen LogP contribution in [0.2, 0.25) is 5.02 Å². The molecule has 0 bridgehead atoms. The zero-order chi connectivity index (χ0) is 15.4. The van der Waals surface area contributed by atoms with Crippen molar-refractivity contribution in [3.05, 3.63) is 45.7 Å². The Morgan fingerprint density at radius 3 is 2.48 bits per heavy atom. The third-order valence-corrected chi connectivity index (χ3v) is 3.49. The van der Waals surface area contributed by atoms with E-state index in [1.807, 2.05) is 0 Å². The van der Waals surface area contributed by atoms with E-state index in [4.69, 9.17) is 21.1 Å². The maximum absolute atomic E-state index is 12.1. The normalized spacial score (nSPS) is 10.1. The van der Waals surface area contributed by atoms with Gasteiger partial charge in [0.2, 0.25) is 0 Å². The topological polar surface area (TPSA) is 60.5 Å². The van der Waals surface area contributed by atoms with Gasteiger partial charge >= 0.3 is 0 Å². The molecule has 0 spiro atoms. The Bertz CT molecular complexity index is 662. The van der Waals surface area contributed by atoms with Crippen LogP contribution in [-0.2, 0) is 0 Å². The Balaban J connectivity index is 2.26. The molecule has 2 aromatic rings. The average molecular weight is 372 g/mol. The van der Waals surface area contributed by atoms with E-state index in [0.29, 0.717) is 32.4 Å². The van der Waals surface area contributed by atoms with Crippen molar-refractivity contribution in [3.63, 3.8) is 0 Å². The summed E-state index contributed by atoms with van der Waals surface area (Å²) < 4.78 is 11.0. The molecule has 0 saturated carbocycles. The van der Waals surface area contributed by atoms with Crippen LogP contribution in [0.3, 0.4) is 0 Å². The second-order valence-electron chi connectivity index (χ2n) is 4.01. The van der Waals surface area contributed by atoms with Crippen LogP contribution >= 0.6 is 27.5 Å². The zero-order valence-electron chi connectivity index (χ0n) is 11.3. The lowest BCUT2D eigenvalue weighted by Crippen LogP contribution is -2.12. The fraction of sp³-hybridized carbons (Fsp3) is 0.143. The third kappa shape index (κ3) is 3.65. The second-order valence-corrected chi connectivity index (χ2v) is 5.23. The first-order chi connectivity index (χ1) is 10.0.